The molecule has 0 radical (unpaired) electrons. The Hall–Kier alpha value is -0.960. The SMILES string of the molecule is CC1(C)SCCN(C=O)C1c1ccccc1. The summed E-state index contributed by atoms with van der Waals surface area (Å²) < 4.78 is 0.0838. The number of rotatable bonds is 2. The second-order valence-corrected chi connectivity index (χ2v) is 6.36. The lowest BCUT2D eigenvalue weighted by atomic mass is 9.93. The minimum atomic E-state index is 0.0838. The lowest BCUT2D eigenvalue weighted by Gasteiger charge is -2.44. The van der Waals surface area contributed by atoms with Crippen molar-refractivity contribution in [3.05, 3.63) is 35.9 Å². The first kappa shape index (κ1) is 11.5. The number of benzene rings is 1. The van der Waals surface area contributed by atoms with Crippen LogP contribution in [-0.4, -0.2) is 28.4 Å². The average molecular weight is 235 g/mol. The van der Waals surface area contributed by atoms with E-state index in [9.17, 15) is 4.79 Å². The molecule has 0 N–H and O–H groups in total. The van der Waals surface area contributed by atoms with E-state index in [1.165, 1.54) is 5.56 Å². The summed E-state index contributed by atoms with van der Waals surface area (Å²) >= 11 is 1.94. The lowest BCUT2D eigenvalue weighted by molar-refractivity contribution is -0.120. The predicted octanol–water partition coefficient (Wildman–Crippen LogP) is 2.71. The topological polar surface area (TPSA) is 20.3 Å². The summed E-state index contributed by atoms with van der Waals surface area (Å²) in [4.78, 5) is 13.1. The number of amides is 1. The van der Waals surface area contributed by atoms with Crippen LogP contribution < -0.4 is 0 Å². The largest absolute Gasteiger partial charge is 0.336 e. The zero-order chi connectivity index (χ0) is 11.6. The molecule has 86 valence electrons. The van der Waals surface area contributed by atoms with Gasteiger partial charge in [0.15, 0.2) is 0 Å². The van der Waals surface area contributed by atoms with Crippen LogP contribution in [0.1, 0.15) is 25.5 Å². The van der Waals surface area contributed by atoms with Crippen LogP contribution >= 0.6 is 11.8 Å². The molecular formula is C13H17NOS. The summed E-state index contributed by atoms with van der Waals surface area (Å²) in [7, 11) is 0. The standard InChI is InChI=1S/C13H17NOS/c1-13(2)12(11-6-4-3-5-7-11)14(10-15)8-9-16-13/h3-7,10,12H,8-9H2,1-2H3. The highest BCUT2D eigenvalue weighted by atomic mass is 32.2. The second-order valence-electron chi connectivity index (χ2n) is 4.61. The van der Waals surface area contributed by atoms with Crippen molar-refractivity contribution in [2.45, 2.75) is 24.6 Å². The van der Waals surface area contributed by atoms with Gasteiger partial charge in [0.05, 0.1) is 6.04 Å². The lowest BCUT2D eigenvalue weighted by Crippen LogP contribution is -2.45. The molecule has 1 amide bonds. The second kappa shape index (κ2) is 4.50. The Morgan fingerprint density at radius 2 is 2.06 bits per heavy atom. The van der Waals surface area contributed by atoms with Crippen LogP contribution in [0.3, 0.4) is 0 Å². The Balaban J connectivity index is 2.36. The van der Waals surface area contributed by atoms with Crippen LogP contribution in [0.25, 0.3) is 0 Å². The zero-order valence-corrected chi connectivity index (χ0v) is 10.5. The highest BCUT2D eigenvalue weighted by molar-refractivity contribution is 8.00. The fraction of sp³-hybridized carbons (Fsp3) is 0.462. The summed E-state index contributed by atoms with van der Waals surface area (Å²) in [6.45, 7) is 5.27. The zero-order valence-electron chi connectivity index (χ0n) is 9.72. The summed E-state index contributed by atoms with van der Waals surface area (Å²) in [5.74, 6) is 1.02. The maximum Gasteiger partial charge on any atom is 0.210 e. The molecule has 0 aromatic heterocycles. The van der Waals surface area contributed by atoms with Crippen molar-refractivity contribution in [1.29, 1.82) is 0 Å². The molecule has 0 saturated carbocycles. The number of hydrogen-bond donors (Lipinski definition) is 0. The van der Waals surface area contributed by atoms with Gasteiger partial charge < -0.3 is 4.90 Å². The normalized spacial score (nSPS) is 24.1. The molecule has 1 aromatic carbocycles. The Labute approximate surface area is 101 Å². The maximum atomic E-state index is 11.1. The van der Waals surface area contributed by atoms with Crippen molar-refractivity contribution in [2.75, 3.05) is 12.3 Å². The van der Waals surface area contributed by atoms with Gasteiger partial charge in [0, 0.05) is 17.0 Å². The highest BCUT2D eigenvalue weighted by Crippen LogP contribution is 2.43. The van der Waals surface area contributed by atoms with Crippen molar-refractivity contribution in [3.8, 4) is 0 Å². The van der Waals surface area contributed by atoms with E-state index in [0.717, 1.165) is 18.7 Å². The fourth-order valence-corrected chi connectivity index (χ4v) is 3.62. The number of carbonyl (C=O) groups is 1. The summed E-state index contributed by atoms with van der Waals surface area (Å²) in [6, 6.07) is 10.5. The fourth-order valence-electron chi connectivity index (χ4n) is 2.36. The van der Waals surface area contributed by atoms with E-state index in [0.29, 0.717) is 0 Å². The molecular weight excluding hydrogens is 218 g/mol. The van der Waals surface area contributed by atoms with E-state index in [2.05, 4.69) is 26.0 Å². The monoisotopic (exact) mass is 235 g/mol. The Morgan fingerprint density at radius 3 is 2.69 bits per heavy atom. The van der Waals surface area contributed by atoms with Gasteiger partial charge in [-0.3, -0.25) is 4.79 Å². The van der Waals surface area contributed by atoms with Crippen molar-refractivity contribution in [3.63, 3.8) is 0 Å². The molecule has 2 nitrogen and oxygen atoms in total. The first-order chi connectivity index (χ1) is 7.65. The van der Waals surface area contributed by atoms with E-state index in [-0.39, 0.29) is 10.8 Å². The molecule has 1 saturated heterocycles. The van der Waals surface area contributed by atoms with Gasteiger partial charge in [-0.05, 0) is 19.4 Å². The molecule has 1 aliphatic heterocycles. The molecule has 0 spiro atoms. The number of hydrogen-bond acceptors (Lipinski definition) is 2. The third-order valence-corrected chi connectivity index (χ3v) is 4.42. The molecule has 1 fully saturated rings. The maximum absolute atomic E-state index is 11.1. The third-order valence-electron chi connectivity index (χ3n) is 3.06. The van der Waals surface area contributed by atoms with Crippen molar-refractivity contribution >= 4 is 18.2 Å². The quantitative estimate of drug-likeness (QED) is 0.735. The smallest absolute Gasteiger partial charge is 0.210 e. The molecule has 1 aromatic rings. The van der Waals surface area contributed by atoms with Crippen LogP contribution in [0.4, 0.5) is 0 Å². The molecule has 1 unspecified atom stereocenters. The Bertz CT molecular complexity index is 363. The molecule has 2 rings (SSSR count). The Kier molecular flexibility index (Phi) is 3.24. The van der Waals surface area contributed by atoms with Crippen LogP contribution in [0.2, 0.25) is 0 Å². The van der Waals surface area contributed by atoms with E-state index in [1.807, 2.05) is 34.9 Å². The van der Waals surface area contributed by atoms with Gasteiger partial charge in [0.1, 0.15) is 0 Å². The molecule has 1 heterocycles. The van der Waals surface area contributed by atoms with E-state index in [4.69, 9.17) is 0 Å². The average Bonchev–Trinajstić information content (AvgIpc) is 2.28. The van der Waals surface area contributed by atoms with Crippen LogP contribution in [0, 0.1) is 0 Å². The van der Waals surface area contributed by atoms with Gasteiger partial charge in [-0.15, -0.1) is 0 Å². The van der Waals surface area contributed by atoms with Crippen LogP contribution in [0.5, 0.6) is 0 Å². The minimum absolute atomic E-state index is 0.0838. The molecule has 3 heteroatoms. The van der Waals surface area contributed by atoms with Crippen LogP contribution in [-0.2, 0) is 4.79 Å². The van der Waals surface area contributed by atoms with Gasteiger partial charge in [-0.25, -0.2) is 0 Å². The molecule has 1 aliphatic rings. The van der Waals surface area contributed by atoms with E-state index >= 15 is 0 Å². The summed E-state index contributed by atoms with van der Waals surface area (Å²) in [5, 5.41) is 0. The van der Waals surface area contributed by atoms with Crippen molar-refractivity contribution < 1.29 is 4.79 Å². The third kappa shape index (κ3) is 2.09. The molecule has 0 aliphatic carbocycles. The van der Waals surface area contributed by atoms with E-state index < -0.39 is 0 Å². The van der Waals surface area contributed by atoms with E-state index in [1.54, 1.807) is 0 Å². The van der Waals surface area contributed by atoms with Gasteiger partial charge >= 0.3 is 0 Å². The molecule has 0 bridgehead atoms. The number of thioether (sulfide) groups is 1. The molecule has 16 heavy (non-hydrogen) atoms. The summed E-state index contributed by atoms with van der Waals surface area (Å²) in [5.41, 5.74) is 1.23. The number of nitrogens with zero attached hydrogens (tertiary/aromatic N) is 1. The first-order valence-electron chi connectivity index (χ1n) is 5.55. The van der Waals surface area contributed by atoms with Crippen molar-refractivity contribution in [1.82, 2.24) is 4.90 Å². The highest BCUT2D eigenvalue weighted by Gasteiger charge is 2.38. The number of carbonyl (C=O) groups excluding carboxylic acids is 1. The van der Waals surface area contributed by atoms with Gasteiger partial charge in [-0.1, -0.05) is 30.3 Å². The predicted molar refractivity (Wildman–Crippen MR) is 68.5 cm³/mol. The Morgan fingerprint density at radius 1 is 1.38 bits per heavy atom. The minimum Gasteiger partial charge on any atom is -0.336 e. The van der Waals surface area contributed by atoms with Gasteiger partial charge in [0.25, 0.3) is 0 Å². The van der Waals surface area contributed by atoms with Gasteiger partial charge in [0.2, 0.25) is 6.41 Å². The van der Waals surface area contributed by atoms with Gasteiger partial charge in [-0.2, -0.15) is 11.8 Å². The first-order valence-corrected chi connectivity index (χ1v) is 6.53. The molecule has 1 atom stereocenters. The van der Waals surface area contributed by atoms with Crippen LogP contribution in [0.15, 0.2) is 30.3 Å². The summed E-state index contributed by atoms with van der Waals surface area (Å²) in [6.07, 6.45) is 0.985. The van der Waals surface area contributed by atoms with Crippen molar-refractivity contribution in [2.24, 2.45) is 0 Å².